The molecule has 1 heterocycles. The van der Waals surface area contributed by atoms with Gasteiger partial charge in [-0.1, -0.05) is 13.3 Å². The lowest BCUT2D eigenvalue weighted by atomic mass is 10.2. The van der Waals surface area contributed by atoms with Crippen LogP contribution in [-0.2, 0) is 9.53 Å². The predicted octanol–water partition coefficient (Wildman–Crippen LogP) is 1.04. The van der Waals surface area contributed by atoms with E-state index < -0.39 is 17.8 Å². The highest BCUT2D eigenvalue weighted by molar-refractivity contribution is 5.88. The molecular formula is C7H10O4. The largest absolute Gasteiger partial charge is 0.505 e. The average molecular weight is 158 g/mol. The smallest absolute Gasteiger partial charge is 0.377 e. The summed E-state index contributed by atoms with van der Waals surface area (Å²) in [6.45, 7) is 1.90. The Balaban J connectivity index is 2.69. The van der Waals surface area contributed by atoms with Crippen LogP contribution in [0.5, 0.6) is 0 Å². The number of cyclic esters (lactones) is 1. The van der Waals surface area contributed by atoms with E-state index in [9.17, 15) is 4.79 Å². The zero-order valence-electron chi connectivity index (χ0n) is 6.20. The minimum Gasteiger partial charge on any atom is -0.505 e. The highest BCUT2D eigenvalue weighted by Gasteiger charge is 2.33. The van der Waals surface area contributed by atoms with Crippen molar-refractivity contribution >= 4 is 5.97 Å². The number of carbonyl (C=O) groups excluding carboxylic acids is 1. The Morgan fingerprint density at radius 1 is 1.55 bits per heavy atom. The van der Waals surface area contributed by atoms with Crippen LogP contribution in [0.25, 0.3) is 0 Å². The van der Waals surface area contributed by atoms with Gasteiger partial charge in [0, 0.05) is 0 Å². The topological polar surface area (TPSA) is 66.8 Å². The molecule has 1 aliphatic heterocycles. The van der Waals surface area contributed by atoms with Crippen molar-refractivity contribution in [2.24, 2.45) is 0 Å². The van der Waals surface area contributed by atoms with Crippen molar-refractivity contribution in [1.82, 2.24) is 0 Å². The first-order valence-electron chi connectivity index (χ1n) is 3.50. The molecule has 1 aliphatic rings. The molecule has 0 aromatic heterocycles. The van der Waals surface area contributed by atoms with Crippen LogP contribution in [0.15, 0.2) is 11.5 Å². The molecule has 0 aliphatic carbocycles. The van der Waals surface area contributed by atoms with E-state index in [4.69, 9.17) is 10.2 Å². The molecule has 62 valence electrons. The molecule has 4 heteroatoms. The zero-order chi connectivity index (χ0) is 8.43. The third kappa shape index (κ3) is 1.29. The summed E-state index contributed by atoms with van der Waals surface area (Å²) in [6.07, 6.45) is 0.698. The van der Waals surface area contributed by atoms with E-state index in [1.165, 1.54) is 0 Å². The van der Waals surface area contributed by atoms with Crippen LogP contribution in [0.4, 0.5) is 0 Å². The van der Waals surface area contributed by atoms with Crippen molar-refractivity contribution in [3.05, 3.63) is 11.5 Å². The van der Waals surface area contributed by atoms with Gasteiger partial charge in [0.15, 0.2) is 11.9 Å². The van der Waals surface area contributed by atoms with Gasteiger partial charge in [-0.15, -0.1) is 0 Å². The van der Waals surface area contributed by atoms with E-state index in [0.717, 1.165) is 6.42 Å². The fourth-order valence-corrected chi connectivity index (χ4v) is 0.956. The van der Waals surface area contributed by atoms with E-state index in [2.05, 4.69) is 4.74 Å². The first kappa shape index (κ1) is 7.91. The number of ether oxygens (including phenoxy) is 1. The van der Waals surface area contributed by atoms with E-state index in [0.29, 0.717) is 6.42 Å². The number of rotatable bonds is 2. The molecule has 0 aromatic carbocycles. The standard InChI is InChI=1S/C7H10O4/c1-2-3-4-5(8)6(9)7(10)11-4/h4,8-9H,2-3H2,1H3/t4-/m1/s1. The summed E-state index contributed by atoms with van der Waals surface area (Å²) >= 11 is 0. The van der Waals surface area contributed by atoms with Gasteiger partial charge in [-0.3, -0.25) is 0 Å². The van der Waals surface area contributed by atoms with Crippen LogP contribution in [0.2, 0.25) is 0 Å². The maximum absolute atomic E-state index is 10.6. The second-order valence-electron chi connectivity index (χ2n) is 2.42. The average Bonchev–Trinajstić information content (AvgIpc) is 2.19. The molecule has 0 aromatic rings. The molecule has 0 spiro atoms. The fraction of sp³-hybridized carbons (Fsp3) is 0.571. The Kier molecular flexibility index (Phi) is 2.03. The summed E-state index contributed by atoms with van der Waals surface area (Å²) in [5.41, 5.74) is 0. The molecule has 0 bridgehead atoms. The predicted molar refractivity (Wildman–Crippen MR) is 37.1 cm³/mol. The van der Waals surface area contributed by atoms with Crippen LogP contribution in [0.1, 0.15) is 19.8 Å². The quantitative estimate of drug-likeness (QED) is 0.589. The van der Waals surface area contributed by atoms with Crippen molar-refractivity contribution < 1.29 is 19.7 Å². The lowest BCUT2D eigenvalue weighted by Crippen LogP contribution is -2.10. The van der Waals surface area contributed by atoms with Crippen LogP contribution >= 0.6 is 0 Å². The lowest BCUT2D eigenvalue weighted by molar-refractivity contribution is -0.142. The Morgan fingerprint density at radius 2 is 2.18 bits per heavy atom. The van der Waals surface area contributed by atoms with Gasteiger partial charge in [-0.2, -0.15) is 0 Å². The van der Waals surface area contributed by atoms with Crippen molar-refractivity contribution in [3.63, 3.8) is 0 Å². The molecule has 0 unspecified atom stereocenters. The van der Waals surface area contributed by atoms with E-state index in [-0.39, 0.29) is 5.76 Å². The number of aliphatic hydroxyl groups is 2. The number of aliphatic hydroxyl groups excluding tert-OH is 2. The summed E-state index contributed by atoms with van der Waals surface area (Å²) in [5.74, 6) is -1.82. The van der Waals surface area contributed by atoms with Gasteiger partial charge in [0.05, 0.1) is 0 Å². The molecule has 2 N–H and O–H groups in total. The molecule has 0 fully saturated rings. The SMILES string of the molecule is CCC[C@H]1OC(=O)C(O)=C1O. The van der Waals surface area contributed by atoms with Gasteiger partial charge in [-0.05, 0) is 6.42 Å². The van der Waals surface area contributed by atoms with Crippen molar-refractivity contribution in [2.45, 2.75) is 25.9 Å². The normalized spacial score (nSPS) is 24.1. The molecule has 1 atom stereocenters. The van der Waals surface area contributed by atoms with Gasteiger partial charge in [0.1, 0.15) is 0 Å². The minimum atomic E-state index is -0.832. The highest BCUT2D eigenvalue weighted by atomic mass is 16.6. The van der Waals surface area contributed by atoms with Gasteiger partial charge in [0.2, 0.25) is 5.76 Å². The number of hydrogen-bond donors (Lipinski definition) is 2. The Labute approximate surface area is 64.1 Å². The Hall–Kier alpha value is -1.19. The molecule has 0 saturated carbocycles. The summed E-state index contributed by atoms with van der Waals surface area (Å²) in [7, 11) is 0. The number of esters is 1. The third-order valence-electron chi connectivity index (χ3n) is 1.54. The van der Waals surface area contributed by atoms with Crippen molar-refractivity contribution in [1.29, 1.82) is 0 Å². The van der Waals surface area contributed by atoms with Gasteiger partial charge in [-0.25, -0.2) is 4.79 Å². The van der Waals surface area contributed by atoms with E-state index >= 15 is 0 Å². The molecule has 0 saturated heterocycles. The maximum Gasteiger partial charge on any atom is 0.377 e. The van der Waals surface area contributed by atoms with Gasteiger partial charge < -0.3 is 14.9 Å². The molecule has 11 heavy (non-hydrogen) atoms. The Bertz CT molecular complexity index is 206. The number of carbonyl (C=O) groups is 1. The number of hydrogen-bond acceptors (Lipinski definition) is 4. The molecule has 4 nitrogen and oxygen atoms in total. The summed E-state index contributed by atoms with van der Waals surface area (Å²) in [5, 5.41) is 17.9. The Morgan fingerprint density at radius 3 is 2.55 bits per heavy atom. The van der Waals surface area contributed by atoms with Gasteiger partial charge >= 0.3 is 5.97 Å². The second-order valence-corrected chi connectivity index (χ2v) is 2.42. The summed E-state index contributed by atoms with van der Waals surface area (Å²) < 4.78 is 4.61. The zero-order valence-corrected chi connectivity index (χ0v) is 6.20. The molecular weight excluding hydrogens is 148 g/mol. The lowest BCUT2D eigenvalue weighted by Gasteiger charge is -2.06. The summed E-state index contributed by atoms with van der Waals surface area (Å²) in [4.78, 5) is 10.6. The molecule has 0 radical (unpaired) electrons. The monoisotopic (exact) mass is 158 g/mol. The molecule has 1 rings (SSSR count). The van der Waals surface area contributed by atoms with E-state index in [1.54, 1.807) is 0 Å². The maximum atomic E-state index is 10.6. The highest BCUT2D eigenvalue weighted by Crippen LogP contribution is 2.21. The van der Waals surface area contributed by atoms with E-state index in [1.807, 2.05) is 6.92 Å². The van der Waals surface area contributed by atoms with Crippen molar-refractivity contribution in [2.75, 3.05) is 0 Å². The van der Waals surface area contributed by atoms with Crippen molar-refractivity contribution in [3.8, 4) is 0 Å². The summed E-state index contributed by atoms with van der Waals surface area (Å²) in [6, 6.07) is 0. The fourth-order valence-electron chi connectivity index (χ4n) is 0.956. The van der Waals surface area contributed by atoms with Crippen LogP contribution in [-0.4, -0.2) is 22.3 Å². The first-order chi connectivity index (χ1) is 5.16. The van der Waals surface area contributed by atoms with Crippen LogP contribution in [0.3, 0.4) is 0 Å². The molecule has 0 amide bonds. The van der Waals surface area contributed by atoms with Crippen LogP contribution in [0, 0.1) is 0 Å². The minimum absolute atomic E-state index is 0.336. The third-order valence-corrected chi connectivity index (χ3v) is 1.54. The first-order valence-corrected chi connectivity index (χ1v) is 3.50. The van der Waals surface area contributed by atoms with Gasteiger partial charge in [0.25, 0.3) is 0 Å². The van der Waals surface area contributed by atoms with Crippen LogP contribution < -0.4 is 0 Å². The second kappa shape index (κ2) is 2.82.